The van der Waals surface area contributed by atoms with Crippen molar-refractivity contribution < 1.29 is 0 Å². The first-order chi connectivity index (χ1) is 9.06. The largest absolute Gasteiger partial charge is 0.326 e. The molecule has 2 aromatic rings. The van der Waals surface area contributed by atoms with Crippen molar-refractivity contribution in [1.82, 2.24) is 9.55 Å². The van der Waals surface area contributed by atoms with Crippen LogP contribution in [0.5, 0.6) is 0 Å². The van der Waals surface area contributed by atoms with Crippen LogP contribution in [0.25, 0.3) is 0 Å². The molecule has 0 aliphatic rings. The number of nitrogens with zero attached hydrogens (tertiary/aromatic N) is 2. The maximum Gasteiger partial charge on any atom is 0.207 e. The van der Waals surface area contributed by atoms with E-state index in [1.54, 1.807) is 0 Å². The van der Waals surface area contributed by atoms with Crippen LogP contribution in [0.15, 0.2) is 36.7 Å². The van der Waals surface area contributed by atoms with Crippen molar-refractivity contribution in [3.8, 4) is 0 Å². The molecule has 19 heavy (non-hydrogen) atoms. The normalized spacial score (nSPS) is 11.3. The Labute approximate surface area is 115 Å². The van der Waals surface area contributed by atoms with E-state index in [1.807, 2.05) is 12.4 Å². The SMILES string of the molecule is CC(C)Cn1ccnc1Nc1ccc(C(C)C)cc1. The summed E-state index contributed by atoms with van der Waals surface area (Å²) in [4.78, 5) is 4.37. The van der Waals surface area contributed by atoms with Crippen molar-refractivity contribution in [2.75, 3.05) is 5.32 Å². The Morgan fingerprint density at radius 3 is 2.37 bits per heavy atom. The first-order valence-corrected chi connectivity index (χ1v) is 6.94. The second-order valence-electron chi connectivity index (χ2n) is 5.70. The fraction of sp³-hybridized carbons (Fsp3) is 0.438. The van der Waals surface area contributed by atoms with Crippen molar-refractivity contribution in [2.45, 2.75) is 40.2 Å². The van der Waals surface area contributed by atoms with Crippen LogP contribution in [-0.2, 0) is 6.54 Å². The molecule has 0 fully saturated rings. The number of aromatic nitrogens is 2. The van der Waals surface area contributed by atoms with E-state index in [0.717, 1.165) is 18.2 Å². The Morgan fingerprint density at radius 2 is 1.79 bits per heavy atom. The number of hydrogen-bond donors (Lipinski definition) is 1. The predicted octanol–water partition coefficient (Wildman–Crippen LogP) is 4.41. The van der Waals surface area contributed by atoms with Crippen LogP contribution in [0.4, 0.5) is 11.6 Å². The molecular formula is C16H23N3. The van der Waals surface area contributed by atoms with E-state index >= 15 is 0 Å². The fourth-order valence-corrected chi connectivity index (χ4v) is 2.05. The molecule has 0 aliphatic heterocycles. The Hall–Kier alpha value is -1.77. The lowest BCUT2D eigenvalue weighted by atomic mass is 10.0. The zero-order valence-corrected chi connectivity index (χ0v) is 12.2. The maximum atomic E-state index is 4.37. The van der Waals surface area contributed by atoms with E-state index in [-0.39, 0.29) is 0 Å². The van der Waals surface area contributed by atoms with E-state index in [2.05, 4.69) is 66.8 Å². The standard InChI is InChI=1S/C16H23N3/c1-12(2)11-19-10-9-17-16(19)18-15-7-5-14(6-8-15)13(3)4/h5-10,12-13H,11H2,1-4H3,(H,17,18). The van der Waals surface area contributed by atoms with E-state index in [1.165, 1.54) is 5.56 Å². The number of nitrogens with one attached hydrogen (secondary N) is 1. The van der Waals surface area contributed by atoms with Gasteiger partial charge in [-0.15, -0.1) is 0 Å². The molecule has 102 valence electrons. The second kappa shape index (κ2) is 5.91. The molecule has 0 radical (unpaired) electrons. The summed E-state index contributed by atoms with van der Waals surface area (Å²) in [5.74, 6) is 2.08. The molecule has 0 atom stereocenters. The molecule has 0 saturated heterocycles. The van der Waals surface area contributed by atoms with E-state index < -0.39 is 0 Å². The van der Waals surface area contributed by atoms with Crippen LogP contribution in [0.2, 0.25) is 0 Å². The molecule has 0 spiro atoms. The lowest BCUT2D eigenvalue weighted by Gasteiger charge is -2.12. The van der Waals surface area contributed by atoms with Gasteiger partial charge in [-0.1, -0.05) is 39.8 Å². The highest BCUT2D eigenvalue weighted by atomic mass is 15.2. The minimum atomic E-state index is 0.567. The molecule has 1 aromatic heterocycles. The molecule has 0 unspecified atom stereocenters. The highest BCUT2D eigenvalue weighted by Gasteiger charge is 2.05. The van der Waals surface area contributed by atoms with Gasteiger partial charge in [0.05, 0.1) is 0 Å². The van der Waals surface area contributed by atoms with Crippen molar-refractivity contribution >= 4 is 11.6 Å². The highest BCUT2D eigenvalue weighted by Crippen LogP contribution is 2.20. The number of benzene rings is 1. The van der Waals surface area contributed by atoms with Crippen molar-refractivity contribution in [3.05, 3.63) is 42.2 Å². The van der Waals surface area contributed by atoms with Crippen LogP contribution in [-0.4, -0.2) is 9.55 Å². The summed E-state index contributed by atoms with van der Waals surface area (Å²) in [6.45, 7) is 9.81. The van der Waals surface area contributed by atoms with Crippen molar-refractivity contribution in [3.63, 3.8) is 0 Å². The van der Waals surface area contributed by atoms with Gasteiger partial charge in [-0.2, -0.15) is 0 Å². The highest BCUT2D eigenvalue weighted by molar-refractivity contribution is 5.54. The van der Waals surface area contributed by atoms with Crippen LogP contribution in [0, 0.1) is 5.92 Å². The fourth-order valence-electron chi connectivity index (χ4n) is 2.05. The van der Waals surface area contributed by atoms with Gasteiger partial charge in [-0.3, -0.25) is 0 Å². The molecule has 3 nitrogen and oxygen atoms in total. The third-order valence-corrected chi connectivity index (χ3v) is 3.11. The summed E-state index contributed by atoms with van der Waals surface area (Å²) in [5.41, 5.74) is 2.44. The number of hydrogen-bond acceptors (Lipinski definition) is 2. The van der Waals surface area contributed by atoms with E-state index in [4.69, 9.17) is 0 Å². The molecule has 0 amide bonds. The Balaban J connectivity index is 2.10. The summed E-state index contributed by atoms with van der Waals surface area (Å²) in [6, 6.07) is 8.57. The van der Waals surface area contributed by atoms with Crippen molar-refractivity contribution in [1.29, 1.82) is 0 Å². The molecular weight excluding hydrogens is 234 g/mol. The molecule has 0 aliphatic carbocycles. The zero-order chi connectivity index (χ0) is 13.8. The third-order valence-electron chi connectivity index (χ3n) is 3.11. The Bertz CT molecular complexity index is 509. The summed E-state index contributed by atoms with van der Waals surface area (Å²) in [7, 11) is 0. The summed E-state index contributed by atoms with van der Waals surface area (Å²) < 4.78 is 2.15. The molecule has 0 bridgehead atoms. The molecule has 3 heteroatoms. The minimum Gasteiger partial charge on any atom is -0.326 e. The third kappa shape index (κ3) is 3.60. The predicted molar refractivity (Wildman–Crippen MR) is 80.9 cm³/mol. The lowest BCUT2D eigenvalue weighted by molar-refractivity contribution is 0.527. The lowest BCUT2D eigenvalue weighted by Crippen LogP contribution is -2.07. The van der Waals surface area contributed by atoms with Crippen LogP contribution >= 0.6 is 0 Å². The number of imidazole rings is 1. The molecule has 1 heterocycles. The van der Waals surface area contributed by atoms with Gasteiger partial charge < -0.3 is 9.88 Å². The van der Waals surface area contributed by atoms with Gasteiger partial charge in [0.15, 0.2) is 0 Å². The number of rotatable bonds is 5. The van der Waals surface area contributed by atoms with E-state index in [9.17, 15) is 0 Å². The van der Waals surface area contributed by atoms with Crippen molar-refractivity contribution in [2.24, 2.45) is 5.92 Å². The summed E-state index contributed by atoms with van der Waals surface area (Å²) >= 11 is 0. The second-order valence-corrected chi connectivity index (χ2v) is 5.70. The van der Waals surface area contributed by atoms with Crippen LogP contribution in [0.1, 0.15) is 39.2 Å². The van der Waals surface area contributed by atoms with Crippen LogP contribution in [0.3, 0.4) is 0 Å². The average Bonchev–Trinajstić information content (AvgIpc) is 2.76. The zero-order valence-electron chi connectivity index (χ0n) is 12.2. The summed E-state index contributed by atoms with van der Waals surface area (Å²) in [6.07, 6.45) is 3.86. The van der Waals surface area contributed by atoms with Gasteiger partial charge in [0.1, 0.15) is 0 Å². The van der Waals surface area contributed by atoms with Gasteiger partial charge in [-0.25, -0.2) is 4.98 Å². The molecule has 0 saturated carbocycles. The number of anilines is 2. The average molecular weight is 257 g/mol. The molecule has 2 rings (SSSR count). The van der Waals surface area contributed by atoms with Crippen LogP contribution < -0.4 is 5.32 Å². The summed E-state index contributed by atoms with van der Waals surface area (Å²) in [5, 5.41) is 3.38. The minimum absolute atomic E-state index is 0.567. The Kier molecular flexibility index (Phi) is 4.25. The first-order valence-electron chi connectivity index (χ1n) is 6.94. The van der Waals surface area contributed by atoms with Gasteiger partial charge >= 0.3 is 0 Å². The Morgan fingerprint density at radius 1 is 1.11 bits per heavy atom. The monoisotopic (exact) mass is 257 g/mol. The smallest absolute Gasteiger partial charge is 0.207 e. The van der Waals surface area contributed by atoms with Gasteiger partial charge in [-0.05, 0) is 29.5 Å². The molecule has 1 N–H and O–H groups in total. The van der Waals surface area contributed by atoms with Gasteiger partial charge in [0.25, 0.3) is 0 Å². The topological polar surface area (TPSA) is 29.9 Å². The quantitative estimate of drug-likeness (QED) is 0.860. The van der Waals surface area contributed by atoms with Gasteiger partial charge in [0, 0.05) is 24.6 Å². The maximum absolute atomic E-state index is 4.37. The van der Waals surface area contributed by atoms with E-state index in [0.29, 0.717) is 11.8 Å². The molecule has 1 aromatic carbocycles. The van der Waals surface area contributed by atoms with Gasteiger partial charge in [0.2, 0.25) is 5.95 Å². The first kappa shape index (κ1) is 13.7.